The van der Waals surface area contributed by atoms with E-state index in [2.05, 4.69) is 115 Å². The molecule has 0 aliphatic rings. The minimum atomic E-state index is 0. The zero-order valence-corrected chi connectivity index (χ0v) is 22.8. The van der Waals surface area contributed by atoms with Gasteiger partial charge in [-0.25, -0.2) is 0 Å². The van der Waals surface area contributed by atoms with Crippen LogP contribution in [0.1, 0.15) is 27.7 Å². The standard InChI is InChI=1S/2C5H12N.3C5H.3Rh/c2*1-4-6(3)5-2;3*1-2-4-5-3-1;;;/h2*3-5H2,1-2H3;3*1H;;;/q2*-1;3*-5;;;. The average molecular weight is 664 g/mol. The molecule has 0 N–H and O–H groups in total. The van der Waals surface area contributed by atoms with Gasteiger partial charge < -0.3 is 101 Å². The molecule has 181 valence electrons. The molecule has 0 saturated carbocycles. The topological polar surface area (TPSA) is 6.48 Å². The largest absolute Gasteiger partial charge is 0.999 e. The van der Waals surface area contributed by atoms with E-state index >= 15 is 0 Å². The SMILES string of the molecule is [CH2-]N(CC)CC.[CH2-]N(CC)CC.[Rh].[Rh].[Rh].[c-]1[c-][c-][cH-][c-]1.[c-]1[c-][c-][cH-][c-]1.[c-]1[c-][c-][cH-][c-]1. The second kappa shape index (κ2) is 36.2. The van der Waals surface area contributed by atoms with Crippen molar-refractivity contribution in [1.82, 2.24) is 9.80 Å². The van der Waals surface area contributed by atoms with E-state index in [0.717, 1.165) is 26.2 Å². The smallest absolute Gasteiger partial charge is 0 e. The van der Waals surface area contributed by atoms with Crippen molar-refractivity contribution in [3.05, 3.63) is 105 Å². The minimum absolute atomic E-state index is 0. The van der Waals surface area contributed by atoms with Crippen molar-refractivity contribution in [3.8, 4) is 0 Å². The maximum atomic E-state index is 3.71. The molecule has 5 heteroatoms. The maximum absolute atomic E-state index is 3.71. The van der Waals surface area contributed by atoms with Crippen LogP contribution in [-0.2, 0) is 58.4 Å². The normalized spacial score (nSPS) is 8.00. The number of nitrogens with zero attached hydrogens (tertiary/aromatic N) is 2. The summed E-state index contributed by atoms with van der Waals surface area (Å²) in [6.07, 6.45) is 0. The van der Waals surface area contributed by atoms with Gasteiger partial charge in [0.2, 0.25) is 0 Å². The summed E-state index contributed by atoms with van der Waals surface area (Å²) < 4.78 is 0. The quantitative estimate of drug-likeness (QED) is 0.307. The molecule has 0 unspecified atom stereocenters. The first-order chi connectivity index (χ1) is 13.1. The summed E-state index contributed by atoms with van der Waals surface area (Å²) >= 11 is 0. The average Bonchev–Trinajstić information content (AvgIpc) is 3.53. The Hall–Kier alpha value is -0.160. The molecule has 0 spiro atoms. The molecule has 0 atom stereocenters. The molecule has 0 aromatic heterocycles. The Morgan fingerprint density at radius 3 is 0.667 bits per heavy atom. The zero-order valence-electron chi connectivity index (χ0n) is 17.9. The fourth-order valence-electron chi connectivity index (χ4n) is 0.988. The Kier molecular flexibility index (Phi) is 48.6. The summed E-state index contributed by atoms with van der Waals surface area (Å²) in [7, 11) is 7.42. The molecular formula is C25H27N2Rh3-17. The zero-order chi connectivity index (χ0) is 20.6. The first-order valence-electron chi connectivity index (χ1n) is 8.71. The summed E-state index contributed by atoms with van der Waals surface area (Å²) in [4.78, 5) is 4.00. The van der Waals surface area contributed by atoms with Crippen LogP contribution >= 0.6 is 0 Å². The van der Waals surface area contributed by atoms with Crippen molar-refractivity contribution in [1.29, 1.82) is 0 Å². The Morgan fingerprint density at radius 1 is 0.467 bits per heavy atom. The van der Waals surface area contributed by atoms with Gasteiger partial charge in [0.25, 0.3) is 0 Å². The van der Waals surface area contributed by atoms with Crippen LogP contribution in [0, 0.1) is 86.9 Å². The van der Waals surface area contributed by atoms with Crippen molar-refractivity contribution < 1.29 is 58.4 Å². The molecule has 3 aromatic rings. The van der Waals surface area contributed by atoms with E-state index in [0.29, 0.717) is 0 Å². The molecule has 3 aromatic carbocycles. The molecular weight excluding hydrogens is 637 g/mol. The third kappa shape index (κ3) is 38.4. The molecule has 0 aliphatic carbocycles. The molecule has 30 heavy (non-hydrogen) atoms. The van der Waals surface area contributed by atoms with Crippen LogP contribution in [0.4, 0.5) is 0 Å². The molecule has 0 fully saturated rings. The molecule has 0 aliphatic heterocycles. The summed E-state index contributed by atoms with van der Waals surface area (Å²) in [5, 5.41) is 0. The maximum Gasteiger partial charge on any atom is 0 e. The van der Waals surface area contributed by atoms with Crippen LogP contribution in [0.5, 0.6) is 0 Å². The van der Waals surface area contributed by atoms with Gasteiger partial charge in [0.1, 0.15) is 0 Å². The van der Waals surface area contributed by atoms with Gasteiger partial charge in [0, 0.05) is 58.4 Å². The molecule has 3 rings (SSSR count). The van der Waals surface area contributed by atoms with Crippen LogP contribution in [0.2, 0.25) is 0 Å². The molecule has 0 amide bonds. The van der Waals surface area contributed by atoms with Crippen LogP contribution in [-0.4, -0.2) is 36.0 Å². The van der Waals surface area contributed by atoms with Gasteiger partial charge in [-0.05, 0) is 26.2 Å². The van der Waals surface area contributed by atoms with Gasteiger partial charge in [0.15, 0.2) is 0 Å². The summed E-state index contributed by atoms with van der Waals surface area (Å²) in [5.41, 5.74) is 0. The van der Waals surface area contributed by atoms with Gasteiger partial charge >= 0.3 is 0 Å². The molecule has 3 radical (unpaired) electrons. The first-order valence-corrected chi connectivity index (χ1v) is 8.71. The fourth-order valence-corrected chi connectivity index (χ4v) is 0.988. The Bertz CT molecular complexity index is 377. The van der Waals surface area contributed by atoms with Gasteiger partial charge in [0.05, 0.1) is 0 Å². The minimum Gasteiger partial charge on any atom is -0.999 e. The predicted molar refractivity (Wildman–Crippen MR) is 109 cm³/mol. The Balaban J connectivity index is -0.0000000847. The number of rotatable bonds is 4. The monoisotopic (exact) mass is 664 g/mol. The van der Waals surface area contributed by atoms with E-state index in [9.17, 15) is 0 Å². The summed E-state index contributed by atoms with van der Waals surface area (Å²) in [5.74, 6) is 0. The van der Waals surface area contributed by atoms with Crippen molar-refractivity contribution >= 4 is 0 Å². The van der Waals surface area contributed by atoms with Crippen molar-refractivity contribution in [3.63, 3.8) is 0 Å². The van der Waals surface area contributed by atoms with Crippen molar-refractivity contribution in [2.75, 3.05) is 26.2 Å². The summed E-state index contributed by atoms with van der Waals surface area (Å²) in [6.45, 7) is 12.6. The van der Waals surface area contributed by atoms with E-state index in [4.69, 9.17) is 0 Å². The second-order valence-electron chi connectivity index (χ2n) is 4.66. The molecule has 0 heterocycles. The van der Waals surface area contributed by atoms with Crippen LogP contribution in [0.25, 0.3) is 0 Å². The number of hydrogen-bond acceptors (Lipinski definition) is 2. The van der Waals surface area contributed by atoms with E-state index in [1.165, 1.54) is 0 Å². The number of hydrogen-bond donors (Lipinski definition) is 0. The first kappa shape index (κ1) is 40.2. The van der Waals surface area contributed by atoms with E-state index in [1.54, 1.807) is 18.2 Å². The third-order valence-corrected chi connectivity index (χ3v) is 2.84. The van der Waals surface area contributed by atoms with Crippen molar-refractivity contribution in [2.24, 2.45) is 0 Å². The van der Waals surface area contributed by atoms with Gasteiger partial charge in [-0.15, -0.1) is 0 Å². The Labute approximate surface area is 225 Å². The molecule has 0 saturated heterocycles. The third-order valence-electron chi connectivity index (χ3n) is 2.84. The van der Waals surface area contributed by atoms with E-state index < -0.39 is 0 Å². The second-order valence-corrected chi connectivity index (χ2v) is 4.66. The van der Waals surface area contributed by atoms with Gasteiger partial charge in [-0.3, -0.25) is 14.1 Å². The molecule has 2 nitrogen and oxygen atoms in total. The van der Waals surface area contributed by atoms with Crippen molar-refractivity contribution in [2.45, 2.75) is 27.7 Å². The predicted octanol–water partition coefficient (Wildman–Crippen LogP) is 4.05. The van der Waals surface area contributed by atoms with E-state index in [1.807, 2.05) is 9.80 Å². The summed E-state index contributed by atoms with van der Waals surface area (Å²) in [6, 6.07) is 36.0. The Morgan fingerprint density at radius 2 is 0.633 bits per heavy atom. The van der Waals surface area contributed by atoms with Crippen LogP contribution in [0.3, 0.4) is 0 Å². The van der Waals surface area contributed by atoms with E-state index in [-0.39, 0.29) is 58.4 Å². The fraction of sp³-hybridized carbons (Fsp3) is 0.320. The van der Waals surface area contributed by atoms with Gasteiger partial charge in [-0.1, -0.05) is 27.7 Å². The van der Waals surface area contributed by atoms with Crippen LogP contribution < -0.4 is 0 Å². The molecule has 0 bridgehead atoms. The van der Waals surface area contributed by atoms with Gasteiger partial charge in [-0.2, -0.15) is 0 Å². The van der Waals surface area contributed by atoms with Crippen LogP contribution in [0.15, 0.2) is 18.2 Å².